The minimum absolute atomic E-state index is 0.783. The maximum absolute atomic E-state index is 6.38. The van der Waals surface area contributed by atoms with Crippen molar-refractivity contribution in [2.75, 3.05) is 0 Å². The number of para-hydroxylation sites is 2. The van der Waals surface area contributed by atoms with Gasteiger partial charge in [-0.15, -0.1) is 0 Å². The van der Waals surface area contributed by atoms with Crippen LogP contribution in [0.4, 0.5) is 0 Å². The van der Waals surface area contributed by atoms with Gasteiger partial charge in [-0.05, 0) is 48.7 Å². The molecule has 0 fully saturated rings. The van der Waals surface area contributed by atoms with Crippen LogP contribution in [0.5, 0.6) is 11.5 Å². The van der Waals surface area contributed by atoms with Gasteiger partial charge in [-0.25, -0.2) is 4.98 Å². The van der Waals surface area contributed by atoms with Crippen molar-refractivity contribution in [2.45, 2.75) is 19.9 Å². The predicted octanol–water partition coefficient (Wildman–Crippen LogP) is 6.44. The molecule has 37 heavy (non-hydrogen) atoms. The molecule has 2 aromatic heterocycles. The van der Waals surface area contributed by atoms with Crippen molar-refractivity contribution in [1.29, 1.82) is 0 Å². The van der Waals surface area contributed by atoms with Crippen LogP contribution < -0.4 is 9.30 Å². The summed E-state index contributed by atoms with van der Waals surface area (Å²) in [6.45, 7) is 3.07. The fourth-order valence-electron chi connectivity index (χ4n) is 5.29. The molecule has 1 aliphatic heterocycles. The van der Waals surface area contributed by atoms with Gasteiger partial charge in [0.05, 0.1) is 29.5 Å². The molecule has 0 aliphatic carbocycles. The van der Waals surface area contributed by atoms with E-state index in [1.807, 2.05) is 29.8 Å². The Labute approximate surface area is 215 Å². The number of ether oxygens (including phenoxy) is 1. The minimum Gasteiger partial charge on any atom is -0.458 e. The van der Waals surface area contributed by atoms with Gasteiger partial charge in [0.15, 0.2) is 0 Å². The SMILES string of the molecule is Cc1ccccc1-c1cn2c(n1)-c1cc(Oc3cccc(-n4[c-][n+](C)c5ccccc54)c3)ccc1CC2. The van der Waals surface area contributed by atoms with E-state index in [1.165, 1.54) is 16.7 Å². The van der Waals surface area contributed by atoms with Gasteiger partial charge in [-0.2, -0.15) is 0 Å². The Morgan fingerprint density at radius 1 is 0.865 bits per heavy atom. The lowest BCUT2D eigenvalue weighted by Gasteiger charge is -2.19. The van der Waals surface area contributed by atoms with Crippen LogP contribution in [0.25, 0.3) is 39.4 Å². The Balaban J connectivity index is 1.23. The summed E-state index contributed by atoms with van der Waals surface area (Å²) in [7, 11) is 2.01. The fourth-order valence-corrected chi connectivity index (χ4v) is 5.29. The molecule has 0 amide bonds. The van der Waals surface area contributed by atoms with Crippen LogP contribution in [-0.2, 0) is 20.0 Å². The zero-order chi connectivity index (χ0) is 24.9. The first-order chi connectivity index (χ1) is 18.1. The highest BCUT2D eigenvalue weighted by Crippen LogP contribution is 2.36. The topological polar surface area (TPSA) is 35.9 Å². The highest BCUT2D eigenvalue weighted by atomic mass is 16.5. The second kappa shape index (κ2) is 8.49. The summed E-state index contributed by atoms with van der Waals surface area (Å²) >= 11 is 0. The van der Waals surface area contributed by atoms with Crippen molar-refractivity contribution in [3.8, 4) is 39.8 Å². The summed E-state index contributed by atoms with van der Waals surface area (Å²) in [5, 5.41) is 0. The van der Waals surface area contributed by atoms with Gasteiger partial charge < -0.3 is 18.4 Å². The molecule has 0 radical (unpaired) electrons. The molecule has 5 heteroatoms. The zero-order valence-electron chi connectivity index (χ0n) is 20.8. The second-order valence-electron chi connectivity index (χ2n) is 9.61. The van der Waals surface area contributed by atoms with Crippen molar-refractivity contribution < 1.29 is 9.30 Å². The second-order valence-corrected chi connectivity index (χ2v) is 9.61. The molecule has 0 spiro atoms. The molecule has 3 heterocycles. The average Bonchev–Trinajstić information content (AvgIpc) is 3.51. The summed E-state index contributed by atoms with van der Waals surface area (Å²) < 4.78 is 12.7. The average molecular weight is 483 g/mol. The maximum Gasteiger partial charge on any atom is 0.244 e. The molecule has 5 nitrogen and oxygen atoms in total. The van der Waals surface area contributed by atoms with Crippen molar-refractivity contribution in [1.82, 2.24) is 14.1 Å². The van der Waals surface area contributed by atoms with E-state index >= 15 is 0 Å². The summed E-state index contributed by atoms with van der Waals surface area (Å²) in [5.41, 5.74) is 9.10. The number of fused-ring (bicyclic) bond motifs is 4. The van der Waals surface area contributed by atoms with Gasteiger partial charge in [0.1, 0.15) is 17.3 Å². The molecule has 6 aromatic rings. The highest BCUT2D eigenvalue weighted by Gasteiger charge is 2.21. The van der Waals surface area contributed by atoms with Gasteiger partial charge in [-0.3, -0.25) is 0 Å². The molecular formula is C32H26N4O. The van der Waals surface area contributed by atoms with E-state index in [9.17, 15) is 0 Å². The van der Waals surface area contributed by atoms with Gasteiger partial charge >= 0.3 is 0 Å². The molecule has 180 valence electrons. The van der Waals surface area contributed by atoms with Crippen LogP contribution in [0.15, 0.2) is 97.2 Å². The Hall–Kier alpha value is -4.64. The Kier molecular flexibility index (Phi) is 4.96. The molecule has 4 aromatic carbocycles. The number of benzene rings is 4. The van der Waals surface area contributed by atoms with Gasteiger partial charge in [-0.1, -0.05) is 66.7 Å². The van der Waals surface area contributed by atoms with E-state index in [0.29, 0.717) is 0 Å². The largest absolute Gasteiger partial charge is 0.458 e. The van der Waals surface area contributed by atoms with Crippen LogP contribution in [0.3, 0.4) is 0 Å². The minimum atomic E-state index is 0.783. The monoisotopic (exact) mass is 482 g/mol. The third-order valence-electron chi connectivity index (χ3n) is 7.19. The number of nitrogens with zero attached hydrogens (tertiary/aromatic N) is 4. The Morgan fingerprint density at radius 2 is 1.70 bits per heavy atom. The van der Waals surface area contributed by atoms with Gasteiger partial charge in [0, 0.05) is 23.9 Å². The summed E-state index contributed by atoms with van der Waals surface area (Å²) in [6, 6.07) is 31.2. The third kappa shape index (κ3) is 3.71. The standard InChI is InChI=1S/C32H26N4O/c1-22-8-3-4-11-27(22)29-20-35-17-16-23-14-15-26(19-28(23)32(35)33-29)37-25-10-7-9-24(18-25)36-21-34(2)30-12-5-6-13-31(30)36/h3-15,18-20H,16-17H2,1-2H3. The van der Waals surface area contributed by atoms with Crippen LogP contribution in [0, 0.1) is 13.3 Å². The number of rotatable bonds is 4. The molecule has 0 saturated carbocycles. The number of aromatic nitrogens is 4. The summed E-state index contributed by atoms with van der Waals surface area (Å²) in [6.07, 6.45) is 6.56. The molecule has 0 N–H and O–H groups in total. The fraction of sp³-hybridized carbons (Fsp3) is 0.125. The predicted molar refractivity (Wildman–Crippen MR) is 145 cm³/mol. The number of hydrogen-bond donors (Lipinski definition) is 0. The van der Waals surface area contributed by atoms with Gasteiger partial charge in [0.2, 0.25) is 6.33 Å². The van der Waals surface area contributed by atoms with Crippen molar-refractivity contribution in [2.24, 2.45) is 7.05 Å². The molecule has 7 rings (SSSR count). The van der Waals surface area contributed by atoms with Crippen molar-refractivity contribution in [3.05, 3.63) is 115 Å². The lowest BCUT2D eigenvalue weighted by molar-refractivity contribution is -0.649. The first-order valence-electron chi connectivity index (χ1n) is 12.6. The summed E-state index contributed by atoms with van der Waals surface area (Å²) in [5.74, 6) is 2.59. The molecule has 0 unspecified atom stereocenters. The lowest BCUT2D eigenvalue weighted by Crippen LogP contribution is -2.26. The molecule has 0 saturated heterocycles. The Bertz CT molecular complexity index is 1790. The molecule has 1 aliphatic rings. The molecule has 0 atom stereocenters. The van der Waals surface area contributed by atoms with E-state index < -0.39 is 0 Å². The van der Waals surface area contributed by atoms with Crippen LogP contribution in [0.1, 0.15) is 11.1 Å². The van der Waals surface area contributed by atoms with E-state index in [0.717, 1.165) is 58.3 Å². The normalized spacial score (nSPS) is 12.4. The highest BCUT2D eigenvalue weighted by molar-refractivity contribution is 5.74. The van der Waals surface area contributed by atoms with Crippen molar-refractivity contribution >= 4 is 11.0 Å². The van der Waals surface area contributed by atoms with E-state index in [1.54, 1.807) is 0 Å². The first kappa shape index (κ1) is 21.6. The van der Waals surface area contributed by atoms with Crippen LogP contribution in [-0.4, -0.2) is 14.1 Å². The van der Waals surface area contributed by atoms with Crippen molar-refractivity contribution in [3.63, 3.8) is 0 Å². The Morgan fingerprint density at radius 3 is 2.62 bits per heavy atom. The maximum atomic E-state index is 6.38. The summed E-state index contributed by atoms with van der Waals surface area (Å²) in [4.78, 5) is 5.05. The van der Waals surface area contributed by atoms with Crippen LogP contribution in [0.2, 0.25) is 0 Å². The van der Waals surface area contributed by atoms with Crippen LogP contribution >= 0.6 is 0 Å². The number of aryl methyl sites for hydroxylation is 4. The van der Waals surface area contributed by atoms with E-state index in [4.69, 9.17) is 9.72 Å². The van der Waals surface area contributed by atoms with Gasteiger partial charge in [0.25, 0.3) is 0 Å². The third-order valence-corrected chi connectivity index (χ3v) is 7.19. The molecular weight excluding hydrogens is 456 g/mol. The quantitative estimate of drug-likeness (QED) is 0.214. The smallest absolute Gasteiger partial charge is 0.244 e. The van der Waals surface area contributed by atoms with E-state index in [2.05, 4.69) is 101 Å². The van der Waals surface area contributed by atoms with E-state index in [-0.39, 0.29) is 0 Å². The first-order valence-corrected chi connectivity index (χ1v) is 12.6. The number of imidazole rings is 2. The molecule has 0 bridgehead atoms. The number of hydrogen-bond acceptors (Lipinski definition) is 2. The zero-order valence-corrected chi connectivity index (χ0v) is 20.8. The lowest BCUT2D eigenvalue weighted by atomic mass is 10.0.